The van der Waals surface area contributed by atoms with Crippen molar-refractivity contribution >= 4 is 11.5 Å². The number of aryl methyl sites for hydroxylation is 1. The van der Waals surface area contributed by atoms with E-state index in [0.29, 0.717) is 13.0 Å². The molecule has 0 saturated heterocycles. The van der Waals surface area contributed by atoms with E-state index in [2.05, 4.69) is 33.1 Å². The maximum absolute atomic E-state index is 8.89. The molecule has 1 aliphatic carbocycles. The summed E-state index contributed by atoms with van der Waals surface area (Å²) in [5.74, 6) is 0.967. The number of aromatic nitrogens is 2. The van der Waals surface area contributed by atoms with Gasteiger partial charge < -0.3 is 4.90 Å². The fourth-order valence-electron chi connectivity index (χ4n) is 2.70. The molecule has 1 heterocycles. The summed E-state index contributed by atoms with van der Waals surface area (Å²) in [4.78, 5) is 11.0. The van der Waals surface area contributed by atoms with Crippen molar-refractivity contribution in [3.63, 3.8) is 0 Å². The summed E-state index contributed by atoms with van der Waals surface area (Å²) in [6.07, 6.45) is 5.32. The van der Waals surface area contributed by atoms with Crippen molar-refractivity contribution in [1.29, 1.82) is 5.26 Å². The molecule has 0 aliphatic heterocycles. The summed E-state index contributed by atoms with van der Waals surface area (Å²) < 4.78 is 0. The van der Waals surface area contributed by atoms with Gasteiger partial charge in [0.05, 0.1) is 12.5 Å². The Morgan fingerprint density at radius 1 is 1.15 bits per heavy atom. The van der Waals surface area contributed by atoms with Crippen LogP contribution in [-0.4, -0.2) is 16.5 Å². The first-order valence-electron chi connectivity index (χ1n) is 6.92. The first-order chi connectivity index (χ1) is 9.90. The van der Waals surface area contributed by atoms with E-state index in [-0.39, 0.29) is 0 Å². The number of nitrogens with zero attached hydrogens (tertiary/aromatic N) is 4. The number of hydrogen-bond acceptors (Lipinski definition) is 4. The van der Waals surface area contributed by atoms with Crippen molar-refractivity contribution in [3.05, 3.63) is 47.9 Å². The summed E-state index contributed by atoms with van der Waals surface area (Å²) in [7, 11) is 0. The predicted molar refractivity (Wildman–Crippen MR) is 77.7 cm³/mol. The zero-order valence-corrected chi connectivity index (χ0v) is 11.3. The maximum Gasteiger partial charge on any atom is 0.139 e. The molecular formula is C16H16N4. The van der Waals surface area contributed by atoms with E-state index in [4.69, 9.17) is 5.26 Å². The van der Waals surface area contributed by atoms with Crippen LogP contribution in [0.2, 0.25) is 0 Å². The zero-order valence-electron chi connectivity index (χ0n) is 11.3. The third-order valence-electron chi connectivity index (χ3n) is 3.62. The molecule has 100 valence electrons. The highest BCUT2D eigenvalue weighted by molar-refractivity contribution is 5.64. The van der Waals surface area contributed by atoms with Crippen molar-refractivity contribution in [2.75, 3.05) is 11.4 Å². The van der Waals surface area contributed by atoms with Gasteiger partial charge in [-0.25, -0.2) is 9.97 Å². The number of fused-ring (bicyclic) bond motifs is 1. The lowest BCUT2D eigenvalue weighted by molar-refractivity contribution is 0.891. The minimum atomic E-state index is 0.480. The van der Waals surface area contributed by atoms with Crippen molar-refractivity contribution in [2.45, 2.75) is 25.7 Å². The SMILES string of the molecule is N#CCCN(c1ccccc1)c1ncnc2c1CCC2. The molecule has 0 spiro atoms. The number of benzene rings is 1. The first-order valence-corrected chi connectivity index (χ1v) is 6.92. The normalized spacial score (nSPS) is 12.8. The highest BCUT2D eigenvalue weighted by Gasteiger charge is 2.21. The third-order valence-corrected chi connectivity index (χ3v) is 3.62. The smallest absolute Gasteiger partial charge is 0.139 e. The standard InChI is InChI=1S/C16H16N4/c17-10-5-11-20(13-6-2-1-3-7-13)16-14-8-4-9-15(14)18-12-19-16/h1-3,6-7,12H,4-5,8-9,11H2. The Labute approximate surface area is 118 Å². The van der Waals surface area contributed by atoms with Gasteiger partial charge in [-0.3, -0.25) is 0 Å². The van der Waals surface area contributed by atoms with Crippen LogP contribution in [-0.2, 0) is 12.8 Å². The number of hydrogen-bond donors (Lipinski definition) is 0. The lowest BCUT2D eigenvalue weighted by atomic mass is 10.2. The van der Waals surface area contributed by atoms with Crippen LogP contribution in [0.4, 0.5) is 11.5 Å². The van der Waals surface area contributed by atoms with E-state index in [9.17, 15) is 0 Å². The molecule has 0 bridgehead atoms. The fourth-order valence-corrected chi connectivity index (χ4v) is 2.70. The Kier molecular flexibility index (Phi) is 3.60. The second kappa shape index (κ2) is 5.70. The van der Waals surface area contributed by atoms with E-state index < -0.39 is 0 Å². The maximum atomic E-state index is 8.89. The molecule has 0 radical (unpaired) electrons. The van der Waals surface area contributed by atoms with Crippen molar-refractivity contribution in [2.24, 2.45) is 0 Å². The average molecular weight is 264 g/mol. The van der Waals surface area contributed by atoms with Gasteiger partial charge in [0.1, 0.15) is 12.1 Å². The van der Waals surface area contributed by atoms with Gasteiger partial charge in [0, 0.05) is 23.5 Å². The number of anilines is 2. The van der Waals surface area contributed by atoms with Crippen LogP contribution in [0.3, 0.4) is 0 Å². The Balaban J connectivity index is 2.02. The summed E-state index contributed by atoms with van der Waals surface area (Å²) in [5, 5.41) is 8.89. The van der Waals surface area contributed by atoms with Crippen LogP contribution in [0.25, 0.3) is 0 Å². The van der Waals surface area contributed by atoms with E-state index in [0.717, 1.165) is 36.5 Å². The van der Waals surface area contributed by atoms with Crippen LogP contribution in [0.1, 0.15) is 24.1 Å². The largest absolute Gasteiger partial charge is 0.325 e. The molecule has 1 aromatic heterocycles. The van der Waals surface area contributed by atoms with E-state index in [1.165, 1.54) is 5.56 Å². The first kappa shape index (κ1) is 12.6. The van der Waals surface area contributed by atoms with Crippen LogP contribution in [0, 0.1) is 11.3 Å². The summed E-state index contributed by atoms with van der Waals surface area (Å²) >= 11 is 0. The third kappa shape index (κ3) is 2.35. The lowest BCUT2D eigenvalue weighted by Gasteiger charge is -2.24. The van der Waals surface area contributed by atoms with E-state index in [1.807, 2.05) is 18.2 Å². The van der Waals surface area contributed by atoms with E-state index in [1.54, 1.807) is 6.33 Å². The number of nitriles is 1. The minimum Gasteiger partial charge on any atom is -0.325 e. The lowest BCUT2D eigenvalue weighted by Crippen LogP contribution is -2.21. The molecule has 0 N–H and O–H groups in total. The molecule has 0 unspecified atom stereocenters. The van der Waals surface area contributed by atoms with Gasteiger partial charge in [-0.2, -0.15) is 5.26 Å². The molecule has 4 nitrogen and oxygen atoms in total. The van der Waals surface area contributed by atoms with Gasteiger partial charge in [0.15, 0.2) is 0 Å². The van der Waals surface area contributed by atoms with Crippen LogP contribution in [0.15, 0.2) is 36.7 Å². The Bertz CT molecular complexity index is 631. The quantitative estimate of drug-likeness (QED) is 0.851. The second-order valence-corrected chi connectivity index (χ2v) is 4.87. The molecule has 0 amide bonds. The highest BCUT2D eigenvalue weighted by Crippen LogP contribution is 2.32. The van der Waals surface area contributed by atoms with Gasteiger partial charge in [0.25, 0.3) is 0 Å². The Hall–Kier alpha value is -2.41. The van der Waals surface area contributed by atoms with Gasteiger partial charge in [-0.05, 0) is 31.4 Å². The molecule has 0 atom stereocenters. The van der Waals surface area contributed by atoms with Gasteiger partial charge in [-0.1, -0.05) is 18.2 Å². The minimum absolute atomic E-state index is 0.480. The monoisotopic (exact) mass is 264 g/mol. The van der Waals surface area contributed by atoms with Gasteiger partial charge in [-0.15, -0.1) is 0 Å². The highest BCUT2D eigenvalue weighted by atomic mass is 15.2. The van der Waals surface area contributed by atoms with Crippen LogP contribution < -0.4 is 4.90 Å². The zero-order chi connectivity index (χ0) is 13.8. The average Bonchev–Trinajstić information content (AvgIpc) is 2.98. The summed E-state index contributed by atoms with van der Waals surface area (Å²) in [6.45, 7) is 0.657. The van der Waals surface area contributed by atoms with Gasteiger partial charge in [0.2, 0.25) is 0 Å². The van der Waals surface area contributed by atoms with Crippen molar-refractivity contribution in [3.8, 4) is 6.07 Å². The summed E-state index contributed by atoms with van der Waals surface area (Å²) in [6, 6.07) is 12.3. The van der Waals surface area contributed by atoms with Gasteiger partial charge >= 0.3 is 0 Å². The van der Waals surface area contributed by atoms with Crippen molar-refractivity contribution < 1.29 is 0 Å². The number of para-hydroxylation sites is 1. The van der Waals surface area contributed by atoms with E-state index >= 15 is 0 Å². The Morgan fingerprint density at radius 2 is 2.00 bits per heavy atom. The molecule has 1 aliphatic rings. The molecule has 20 heavy (non-hydrogen) atoms. The molecule has 0 fully saturated rings. The van der Waals surface area contributed by atoms with Crippen LogP contribution in [0.5, 0.6) is 0 Å². The fraction of sp³-hybridized carbons (Fsp3) is 0.312. The second-order valence-electron chi connectivity index (χ2n) is 4.87. The predicted octanol–water partition coefficient (Wildman–Crippen LogP) is 3.02. The molecule has 1 aromatic carbocycles. The molecule has 3 rings (SSSR count). The molecule has 4 heteroatoms. The summed E-state index contributed by atoms with van der Waals surface area (Å²) in [5.41, 5.74) is 3.48. The Morgan fingerprint density at radius 3 is 2.80 bits per heavy atom. The topological polar surface area (TPSA) is 52.8 Å². The molecule has 0 saturated carbocycles. The number of rotatable bonds is 4. The van der Waals surface area contributed by atoms with Crippen LogP contribution >= 0.6 is 0 Å². The van der Waals surface area contributed by atoms with Crippen molar-refractivity contribution in [1.82, 2.24) is 9.97 Å². The molecular weight excluding hydrogens is 248 g/mol. The molecule has 2 aromatic rings.